The third-order valence-electron chi connectivity index (χ3n) is 2.73. The molecule has 0 radical (unpaired) electrons. The molecule has 1 N–H and O–H groups in total. The first-order valence-corrected chi connectivity index (χ1v) is 7.25. The molecule has 1 aromatic rings. The van der Waals surface area contributed by atoms with Gasteiger partial charge in [0.2, 0.25) is 0 Å². The van der Waals surface area contributed by atoms with E-state index in [9.17, 15) is 22.8 Å². The van der Waals surface area contributed by atoms with E-state index < -0.39 is 41.5 Å². The van der Waals surface area contributed by atoms with Gasteiger partial charge in [0.25, 0.3) is 5.79 Å². The van der Waals surface area contributed by atoms with Gasteiger partial charge in [0.05, 0.1) is 10.2 Å². The zero-order chi connectivity index (χ0) is 18.1. The largest absolute Gasteiger partial charge is 0.432 e. The quantitative estimate of drug-likeness (QED) is 0.467. The molecule has 0 spiro atoms. The second kappa shape index (κ2) is 6.71. The number of benzene rings is 1. The van der Waals surface area contributed by atoms with Gasteiger partial charge in [-0.1, -0.05) is 0 Å². The van der Waals surface area contributed by atoms with Crippen LogP contribution in [0.2, 0.25) is 0 Å². The Bertz CT molecular complexity index is 699. The Morgan fingerprint density at radius 3 is 2.38 bits per heavy atom. The summed E-state index contributed by atoms with van der Waals surface area (Å²) in [6, 6.07) is 1.82. The number of ether oxygens (including phenoxy) is 3. The maximum atomic E-state index is 13.5. The molecule has 1 saturated heterocycles. The number of carbonyl (C=O) groups excluding carboxylic acids is 2. The topological polar surface area (TPSA) is 73.9 Å². The minimum Gasteiger partial charge on any atom is -0.432 e. The molecule has 0 aliphatic carbocycles. The maximum absolute atomic E-state index is 13.5. The van der Waals surface area contributed by atoms with Crippen LogP contribution in [0.3, 0.4) is 0 Å². The SMILES string of the molecule is CC1(C)OC(=O)C(=CNc2cc(Br)c(F)cc2OC(F)F)C(=O)O1. The molecule has 0 saturated carbocycles. The van der Waals surface area contributed by atoms with Crippen LogP contribution in [0.25, 0.3) is 0 Å². The van der Waals surface area contributed by atoms with Gasteiger partial charge in [0, 0.05) is 26.1 Å². The second-order valence-corrected chi connectivity index (χ2v) is 5.88. The van der Waals surface area contributed by atoms with Gasteiger partial charge in [-0.3, -0.25) is 0 Å². The molecule has 6 nitrogen and oxygen atoms in total. The molecule has 1 fully saturated rings. The van der Waals surface area contributed by atoms with E-state index >= 15 is 0 Å². The molecule has 1 heterocycles. The summed E-state index contributed by atoms with van der Waals surface area (Å²) in [6.07, 6.45) is 0.901. The molecule has 0 unspecified atom stereocenters. The zero-order valence-electron chi connectivity index (χ0n) is 12.4. The van der Waals surface area contributed by atoms with Crippen LogP contribution in [0, 0.1) is 5.82 Å². The average molecular weight is 410 g/mol. The van der Waals surface area contributed by atoms with Gasteiger partial charge in [0.1, 0.15) is 5.82 Å². The summed E-state index contributed by atoms with van der Waals surface area (Å²) >= 11 is 2.89. The fourth-order valence-corrected chi connectivity index (χ4v) is 2.11. The first-order chi connectivity index (χ1) is 11.1. The van der Waals surface area contributed by atoms with E-state index in [1.54, 1.807) is 0 Å². The number of halogens is 4. The summed E-state index contributed by atoms with van der Waals surface area (Å²) in [5.74, 6) is -4.67. The number of hydrogen-bond donors (Lipinski definition) is 1. The van der Waals surface area contributed by atoms with Crippen molar-refractivity contribution in [3.8, 4) is 5.75 Å². The van der Waals surface area contributed by atoms with E-state index in [4.69, 9.17) is 9.47 Å². The summed E-state index contributed by atoms with van der Waals surface area (Å²) in [6.45, 7) is -0.443. The number of rotatable bonds is 4. The summed E-state index contributed by atoms with van der Waals surface area (Å²) in [5, 5.41) is 2.43. The Labute approximate surface area is 142 Å². The number of hydrogen-bond acceptors (Lipinski definition) is 6. The van der Waals surface area contributed by atoms with Crippen LogP contribution >= 0.6 is 15.9 Å². The van der Waals surface area contributed by atoms with E-state index in [0.717, 1.165) is 18.3 Å². The van der Waals surface area contributed by atoms with Gasteiger partial charge in [-0.2, -0.15) is 8.78 Å². The van der Waals surface area contributed by atoms with Crippen molar-refractivity contribution in [2.24, 2.45) is 0 Å². The van der Waals surface area contributed by atoms with Crippen LogP contribution in [0.15, 0.2) is 28.4 Å². The van der Waals surface area contributed by atoms with Crippen molar-refractivity contribution >= 4 is 33.6 Å². The van der Waals surface area contributed by atoms with E-state index in [1.165, 1.54) is 13.8 Å². The van der Waals surface area contributed by atoms with Gasteiger partial charge < -0.3 is 19.5 Å². The number of nitrogens with one attached hydrogen (secondary N) is 1. The molecule has 0 atom stereocenters. The normalized spacial score (nSPS) is 16.5. The lowest BCUT2D eigenvalue weighted by molar-refractivity contribution is -0.222. The van der Waals surface area contributed by atoms with E-state index in [0.29, 0.717) is 0 Å². The Hall–Kier alpha value is -2.23. The number of esters is 2. The highest BCUT2D eigenvalue weighted by Gasteiger charge is 2.39. The Balaban J connectivity index is 2.29. The molecule has 10 heteroatoms. The standard InChI is InChI=1S/C14H11BrF3NO5/c1-14(2)23-11(20)6(12(21)24-14)5-19-9-3-7(15)8(16)4-10(9)22-13(17)18/h3-5,13,19H,1-2H3. The molecule has 2 rings (SSSR count). The lowest BCUT2D eigenvalue weighted by atomic mass is 10.2. The van der Waals surface area contributed by atoms with Gasteiger partial charge in [0.15, 0.2) is 11.3 Å². The second-order valence-electron chi connectivity index (χ2n) is 5.02. The third kappa shape index (κ3) is 4.19. The molecule has 0 amide bonds. The van der Waals surface area contributed by atoms with E-state index in [-0.39, 0.29) is 10.2 Å². The molecule has 24 heavy (non-hydrogen) atoms. The predicted octanol–water partition coefficient (Wildman–Crippen LogP) is 3.32. The fourth-order valence-electron chi connectivity index (χ4n) is 1.76. The molecule has 1 aliphatic heterocycles. The van der Waals surface area contributed by atoms with Crippen LogP contribution in [0.4, 0.5) is 18.9 Å². The van der Waals surface area contributed by atoms with Crippen LogP contribution in [0.5, 0.6) is 5.75 Å². The predicted molar refractivity (Wildman–Crippen MR) is 78.7 cm³/mol. The molecule has 1 aliphatic rings. The van der Waals surface area contributed by atoms with Crippen LogP contribution in [0.1, 0.15) is 13.8 Å². The van der Waals surface area contributed by atoms with Crippen molar-refractivity contribution in [1.82, 2.24) is 0 Å². The number of alkyl halides is 2. The summed E-state index contributed by atoms with van der Waals surface area (Å²) in [4.78, 5) is 23.5. The minimum absolute atomic E-state index is 0.0417. The van der Waals surface area contributed by atoms with Crippen molar-refractivity contribution in [3.05, 3.63) is 34.2 Å². The van der Waals surface area contributed by atoms with Crippen molar-refractivity contribution in [2.45, 2.75) is 26.2 Å². The molecular formula is C14H11BrF3NO5. The monoisotopic (exact) mass is 409 g/mol. The van der Waals surface area contributed by atoms with E-state index in [1.807, 2.05) is 0 Å². The molecular weight excluding hydrogens is 399 g/mol. The van der Waals surface area contributed by atoms with Crippen LogP contribution in [-0.2, 0) is 19.1 Å². The lowest BCUT2D eigenvalue weighted by Gasteiger charge is -2.29. The van der Waals surface area contributed by atoms with Gasteiger partial charge in [-0.15, -0.1) is 0 Å². The fraction of sp³-hybridized carbons (Fsp3) is 0.286. The van der Waals surface area contributed by atoms with Crippen LogP contribution in [-0.4, -0.2) is 24.3 Å². The molecule has 0 aromatic heterocycles. The zero-order valence-corrected chi connectivity index (χ0v) is 13.9. The minimum atomic E-state index is -3.19. The Kier molecular flexibility index (Phi) is 5.07. The number of cyclic esters (lactones) is 2. The summed E-state index contributed by atoms with van der Waals surface area (Å²) < 4.78 is 52.1. The van der Waals surface area contributed by atoms with Crippen molar-refractivity contribution < 1.29 is 37.0 Å². The Morgan fingerprint density at radius 1 is 1.25 bits per heavy atom. The highest BCUT2D eigenvalue weighted by atomic mass is 79.9. The van der Waals surface area contributed by atoms with Crippen LogP contribution < -0.4 is 10.1 Å². The Morgan fingerprint density at radius 2 is 1.83 bits per heavy atom. The van der Waals surface area contributed by atoms with Gasteiger partial charge >= 0.3 is 18.6 Å². The lowest BCUT2D eigenvalue weighted by Crippen LogP contribution is -2.42. The van der Waals surface area contributed by atoms with Gasteiger partial charge in [-0.05, 0) is 22.0 Å². The summed E-state index contributed by atoms with van der Waals surface area (Å²) in [7, 11) is 0. The van der Waals surface area contributed by atoms with Gasteiger partial charge in [-0.25, -0.2) is 14.0 Å². The third-order valence-corrected chi connectivity index (χ3v) is 3.34. The first kappa shape index (κ1) is 18.1. The smallest absolute Gasteiger partial charge is 0.387 e. The maximum Gasteiger partial charge on any atom is 0.387 e. The van der Waals surface area contributed by atoms with Crippen molar-refractivity contribution in [3.63, 3.8) is 0 Å². The first-order valence-electron chi connectivity index (χ1n) is 6.46. The number of anilines is 1. The molecule has 130 valence electrons. The summed E-state index contributed by atoms with van der Waals surface area (Å²) in [5.41, 5.74) is -0.598. The highest BCUT2D eigenvalue weighted by Crippen LogP contribution is 2.32. The van der Waals surface area contributed by atoms with Crippen molar-refractivity contribution in [2.75, 3.05) is 5.32 Å². The number of carbonyl (C=O) groups is 2. The molecule has 1 aromatic carbocycles. The highest BCUT2D eigenvalue weighted by molar-refractivity contribution is 9.10. The van der Waals surface area contributed by atoms with Crippen molar-refractivity contribution in [1.29, 1.82) is 0 Å². The van der Waals surface area contributed by atoms with E-state index in [2.05, 4.69) is 26.0 Å². The average Bonchev–Trinajstić information content (AvgIpc) is 2.41. The molecule has 0 bridgehead atoms.